The van der Waals surface area contributed by atoms with Crippen molar-refractivity contribution < 1.29 is 4.79 Å². The van der Waals surface area contributed by atoms with E-state index in [9.17, 15) is 4.79 Å². The molecular weight excluding hydrogens is 238 g/mol. The van der Waals surface area contributed by atoms with Gasteiger partial charge in [-0.05, 0) is 25.8 Å². The number of carbonyl (C=O) groups is 1. The van der Waals surface area contributed by atoms with Crippen LogP contribution in [0, 0.1) is 5.92 Å². The van der Waals surface area contributed by atoms with Crippen molar-refractivity contribution in [1.29, 1.82) is 0 Å². The van der Waals surface area contributed by atoms with Gasteiger partial charge in [0.25, 0.3) is 0 Å². The monoisotopic (exact) mass is 265 g/mol. The zero-order valence-corrected chi connectivity index (χ0v) is 12.2. The summed E-state index contributed by atoms with van der Waals surface area (Å²) < 4.78 is 0. The molecule has 108 valence electrons. The molecule has 0 radical (unpaired) electrons. The molecule has 0 unspecified atom stereocenters. The lowest BCUT2D eigenvalue weighted by molar-refractivity contribution is -0.125. The topological polar surface area (TPSA) is 44.7 Å². The number of likely N-dealkylation sites (tertiary alicyclic amines) is 1. The molecule has 0 atom stereocenters. The van der Waals surface area contributed by atoms with Gasteiger partial charge in [0.05, 0.1) is 0 Å². The Bertz CT molecular complexity index is 311. The number of rotatable bonds is 4. The first kappa shape index (κ1) is 14.5. The number of nitrogens with zero attached hydrogens (tertiary/aromatic N) is 2. The zero-order chi connectivity index (χ0) is 13.5. The number of carbonyl (C=O) groups excluding carboxylic acids is 1. The lowest BCUT2D eigenvalue weighted by atomic mass is 9.89. The minimum atomic E-state index is 0.142. The molecule has 0 bridgehead atoms. The molecule has 1 amide bonds. The summed E-state index contributed by atoms with van der Waals surface area (Å²) in [4.78, 5) is 14.5. The fourth-order valence-corrected chi connectivity index (χ4v) is 3.05. The Morgan fingerprint density at radius 3 is 2.58 bits per heavy atom. The average Bonchev–Trinajstić information content (AvgIpc) is 2.47. The summed E-state index contributed by atoms with van der Waals surface area (Å²) in [7, 11) is 0. The van der Waals surface area contributed by atoms with Crippen LogP contribution in [0.3, 0.4) is 0 Å². The third kappa shape index (κ3) is 4.60. The minimum Gasteiger partial charge on any atom is -0.303 e. The van der Waals surface area contributed by atoms with Gasteiger partial charge < -0.3 is 4.90 Å². The van der Waals surface area contributed by atoms with Crippen LogP contribution >= 0.6 is 0 Å². The predicted molar refractivity (Wildman–Crippen MR) is 78.1 cm³/mol. The van der Waals surface area contributed by atoms with Crippen molar-refractivity contribution in [3.63, 3.8) is 0 Å². The molecule has 2 aliphatic rings. The molecule has 0 aromatic carbocycles. The molecule has 4 heteroatoms. The number of hydrogen-bond acceptors (Lipinski definition) is 3. The van der Waals surface area contributed by atoms with E-state index in [0.29, 0.717) is 0 Å². The van der Waals surface area contributed by atoms with E-state index >= 15 is 0 Å². The van der Waals surface area contributed by atoms with Crippen molar-refractivity contribution in [2.75, 3.05) is 19.6 Å². The van der Waals surface area contributed by atoms with Crippen LogP contribution in [-0.2, 0) is 4.79 Å². The highest BCUT2D eigenvalue weighted by Crippen LogP contribution is 2.23. The highest BCUT2D eigenvalue weighted by molar-refractivity contribution is 5.87. The minimum absolute atomic E-state index is 0.142. The van der Waals surface area contributed by atoms with Crippen LogP contribution in [0.1, 0.15) is 58.3 Å². The lowest BCUT2D eigenvalue weighted by Crippen LogP contribution is -2.36. The van der Waals surface area contributed by atoms with Crippen LogP contribution < -0.4 is 5.43 Å². The van der Waals surface area contributed by atoms with E-state index in [1.54, 1.807) is 0 Å². The maximum Gasteiger partial charge on any atom is 0.243 e. The molecule has 1 heterocycles. The van der Waals surface area contributed by atoms with E-state index < -0.39 is 0 Å². The highest BCUT2D eigenvalue weighted by Gasteiger charge is 2.21. The van der Waals surface area contributed by atoms with Crippen molar-refractivity contribution in [2.45, 2.75) is 58.3 Å². The van der Waals surface area contributed by atoms with Gasteiger partial charge in [-0.15, -0.1) is 0 Å². The Balaban J connectivity index is 1.72. The molecular formula is C15H27N3O. The second-order valence-electron chi connectivity index (χ2n) is 5.83. The van der Waals surface area contributed by atoms with Crippen LogP contribution in [0.25, 0.3) is 0 Å². The second-order valence-corrected chi connectivity index (χ2v) is 5.83. The van der Waals surface area contributed by atoms with Crippen LogP contribution in [0.5, 0.6) is 0 Å². The normalized spacial score (nSPS) is 22.3. The maximum absolute atomic E-state index is 12.0. The second kappa shape index (κ2) is 7.63. The van der Waals surface area contributed by atoms with Crippen LogP contribution in [0.15, 0.2) is 5.10 Å². The van der Waals surface area contributed by atoms with Crippen LogP contribution in [0.4, 0.5) is 0 Å². The molecule has 1 saturated heterocycles. The first-order valence-electron chi connectivity index (χ1n) is 7.87. The van der Waals surface area contributed by atoms with E-state index in [0.717, 1.165) is 44.5 Å². The van der Waals surface area contributed by atoms with Crippen molar-refractivity contribution in [3.8, 4) is 0 Å². The van der Waals surface area contributed by atoms with Gasteiger partial charge in [0.15, 0.2) is 0 Å². The van der Waals surface area contributed by atoms with Gasteiger partial charge in [0, 0.05) is 37.6 Å². The average molecular weight is 265 g/mol. The first-order chi connectivity index (χ1) is 9.29. The molecule has 2 fully saturated rings. The molecule has 4 nitrogen and oxygen atoms in total. The number of nitrogens with one attached hydrogen (secondary N) is 1. The van der Waals surface area contributed by atoms with Crippen molar-refractivity contribution >= 4 is 11.6 Å². The van der Waals surface area contributed by atoms with Crippen molar-refractivity contribution in [3.05, 3.63) is 0 Å². The Morgan fingerprint density at radius 1 is 1.26 bits per heavy atom. The summed E-state index contributed by atoms with van der Waals surface area (Å²) in [5.74, 6) is 0.349. The van der Waals surface area contributed by atoms with Gasteiger partial charge in [-0.3, -0.25) is 4.79 Å². The van der Waals surface area contributed by atoms with Crippen molar-refractivity contribution in [1.82, 2.24) is 10.3 Å². The molecule has 2 rings (SSSR count). The Labute approximate surface area is 116 Å². The Morgan fingerprint density at radius 2 is 1.95 bits per heavy atom. The third-order valence-corrected chi connectivity index (χ3v) is 4.27. The Hall–Kier alpha value is -0.900. The summed E-state index contributed by atoms with van der Waals surface area (Å²) >= 11 is 0. The van der Waals surface area contributed by atoms with E-state index in [1.165, 1.54) is 32.2 Å². The summed E-state index contributed by atoms with van der Waals surface area (Å²) in [6, 6.07) is 0. The van der Waals surface area contributed by atoms with Crippen LogP contribution in [0.2, 0.25) is 0 Å². The molecule has 1 saturated carbocycles. The summed E-state index contributed by atoms with van der Waals surface area (Å²) in [6.07, 6.45) is 8.98. The quantitative estimate of drug-likeness (QED) is 0.794. The molecule has 1 aliphatic carbocycles. The maximum atomic E-state index is 12.0. The van der Waals surface area contributed by atoms with Gasteiger partial charge in [-0.1, -0.05) is 26.2 Å². The number of hydrogen-bond donors (Lipinski definition) is 1. The summed E-state index contributed by atoms with van der Waals surface area (Å²) in [6.45, 7) is 5.58. The lowest BCUT2D eigenvalue weighted by Gasteiger charge is -2.27. The third-order valence-electron chi connectivity index (χ3n) is 4.27. The van der Waals surface area contributed by atoms with E-state index in [4.69, 9.17) is 0 Å². The molecule has 0 aromatic rings. The fourth-order valence-electron chi connectivity index (χ4n) is 3.05. The number of hydrazone groups is 1. The number of piperidine rings is 1. The number of amides is 1. The van der Waals surface area contributed by atoms with Gasteiger partial charge in [0.1, 0.15) is 0 Å². The zero-order valence-electron chi connectivity index (χ0n) is 12.2. The van der Waals surface area contributed by atoms with Crippen molar-refractivity contribution in [2.24, 2.45) is 11.0 Å². The summed E-state index contributed by atoms with van der Waals surface area (Å²) in [5.41, 5.74) is 3.96. The SMILES string of the molecule is CCCN1CCC(=NNC(=O)C2CCCCC2)CC1. The van der Waals surface area contributed by atoms with E-state index in [2.05, 4.69) is 22.4 Å². The summed E-state index contributed by atoms with van der Waals surface area (Å²) in [5, 5.41) is 4.34. The van der Waals surface area contributed by atoms with Gasteiger partial charge >= 0.3 is 0 Å². The van der Waals surface area contributed by atoms with Gasteiger partial charge in [-0.25, -0.2) is 5.43 Å². The smallest absolute Gasteiger partial charge is 0.243 e. The first-order valence-corrected chi connectivity index (χ1v) is 7.87. The molecule has 1 aliphatic heterocycles. The predicted octanol–water partition coefficient (Wildman–Crippen LogP) is 2.54. The van der Waals surface area contributed by atoms with Gasteiger partial charge in [0.2, 0.25) is 5.91 Å². The molecule has 0 aromatic heterocycles. The highest BCUT2D eigenvalue weighted by atomic mass is 16.2. The van der Waals surface area contributed by atoms with E-state index in [1.807, 2.05) is 0 Å². The Kier molecular flexibility index (Phi) is 5.83. The van der Waals surface area contributed by atoms with Crippen LogP contribution in [-0.4, -0.2) is 36.2 Å². The molecule has 0 spiro atoms. The largest absolute Gasteiger partial charge is 0.303 e. The fraction of sp³-hybridized carbons (Fsp3) is 0.867. The standard InChI is InChI=1S/C15H27N3O/c1-2-10-18-11-8-14(9-12-18)16-17-15(19)13-6-4-3-5-7-13/h13H,2-12H2,1H3,(H,17,19). The van der Waals surface area contributed by atoms with E-state index in [-0.39, 0.29) is 11.8 Å². The van der Waals surface area contributed by atoms with Gasteiger partial charge in [-0.2, -0.15) is 5.10 Å². The molecule has 1 N–H and O–H groups in total. The molecule has 19 heavy (non-hydrogen) atoms.